The molecule has 9 rings (SSSR count). The van der Waals surface area contributed by atoms with Crippen molar-refractivity contribution in [3.8, 4) is 17.6 Å². The molecule has 254 valence electrons. The summed E-state index contributed by atoms with van der Waals surface area (Å²) in [5.41, 5.74) is 17.5. The second-order valence-corrected chi connectivity index (χ2v) is 13.8. The zero-order chi connectivity index (χ0) is 36.5. The second-order valence-electron chi connectivity index (χ2n) is 13.8. The quantitative estimate of drug-likeness (QED) is 0.0664. The molecule has 6 N–H and O–H groups in total. The van der Waals surface area contributed by atoms with Gasteiger partial charge in [0.15, 0.2) is 0 Å². The van der Waals surface area contributed by atoms with Crippen molar-refractivity contribution in [1.29, 1.82) is 5.26 Å². The maximum atomic E-state index is 15.3. The lowest BCUT2D eigenvalue weighted by Crippen LogP contribution is -2.42. The Morgan fingerprint density at radius 3 is 2.23 bits per heavy atom. The van der Waals surface area contributed by atoms with Crippen molar-refractivity contribution in [1.82, 2.24) is 4.58 Å². The van der Waals surface area contributed by atoms with Crippen molar-refractivity contribution < 1.29 is 15.3 Å². The number of nitrogens with zero attached hydrogens (tertiary/aromatic N) is 6. The van der Waals surface area contributed by atoms with Gasteiger partial charge in [-0.2, -0.15) is 0 Å². The SMILES string of the molecule is [C-]#[N+]/C(C#N)=C1C(c2c3c(N)cccc3c3c4c(ccc(N)c24)N(C)CN3C)=C([O-])C/1=c1/c2c(O)cccc2c2c3c(ccc(O)c13)N(C)C[N+]=2C. The maximum absolute atomic E-state index is 15.3. The lowest BCUT2D eigenvalue weighted by atomic mass is 9.73. The molecule has 2 aliphatic heterocycles. The number of allylic oxidation sites excluding steroid dienone is 3. The number of nitriles is 1. The Kier molecular flexibility index (Phi) is 6.21. The first-order valence-corrected chi connectivity index (χ1v) is 16.7. The van der Waals surface area contributed by atoms with Crippen molar-refractivity contribution in [3.63, 3.8) is 0 Å². The molecule has 0 bridgehead atoms. The van der Waals surface area contributed by atoms with Crippen LogP contribution in [0.4, 0.5) is 28.4 Å². The predicted molar refractivity (Wildman–Crippen MR) is 206 cm³/mol. The number of nitrogens with two attached hydrogens (primary N) is 2. The fourth-order valence-electron chi connectivity index (χ4n) is 8.88. The minimum absolute atomic E-state index is 0.0554. The van der Waals surface area contributed by atoms with Gasteiger partial charge in [-0.15, -0.1) is 0 Å². The zero-order valence-corrected chi connectivity index (χ0v) is 28.8. The van der Waals surface area contributed by atoms with Gasteiger partial charge < -0.3 is 41.5 Å². The van der Waals surface area contributed by atoms with Crippen LogP contribution in [0.1, 0.15) is 5.56 Å². The van der Waals surface area contributed by atoms with E-state index in [-0.39, 0.29) is 39.1 Å². The standard InChI is InChI=1S/C41H32N8O3/c1-45-23(16-42)31-37(35-28-19(8-6-10-21(28)43)39-32-24(46(2)17-48(39)4)13-12-22(44)30(32)35)41(52)38(31)36-29-20(9-7-11-26(29)50)40-33-25(47(3)18-49(40)5)14-15-27(51)34(33)36/h6-15H,17-18,43-44H2,2-5H3,(H2-,50,51,52)/b31-23-. The van der Waals surface area contributed by atoms with Crippen LogP contribution >= 0.6 is 0 Å². The minimum atomic E-state index is -0.462. The number of benzene rings is 6. The van der Waals surface area contributed by atoms with Gasteiger partial charge in [0, 0.05) is 86.9 Å². The molecule has 0 unspecified atom stereocenters. The molecule has 0 saturated carbocycles. The van der Waals surface area contributed by atoms with Crippen LogP contribution < -0.4 is 46.4 Å². The van der Waals surface area contributed by atoms with Crippen LogP contribution in [-0.4, -0.2) is 51.7 Å². The average Bonchev–Trinajstić information content (AvgIpc) is 3.10. The third kappa shape index (κ3) is 3.69. The lowest BCUT2D eigenvalue weighted by Gasteiger charge is -2.41. The molecular weight excluding hydrogens is 653 g/mol. The van der Waals surface area contributed by atoms with Gasteiger partial charge in [0.1, 0.15) is 18.5 Å². The summed E-state index contributed by atoms with van der Waals surface area (Å²) in [6.07, 6.45) is 0. The number of anilines is 5. The van der Waals surface area contributed by atoms with Crippen molar-refractivity contribution >= 4 is 82.7 Å². The van der Waals surface area contributed by atoms with Gasteiger partial charge in [-0.05, 0) is 53.6 Å². The van der Waals surface area contributed by atoms with Crippen LogP contribution in [0.5, 0.6) is 11.5 Å². The molecule has 3 aliphatic rings. The van der Waals surface area contributed by atoms with Gasteiger partial charge in [-0.3, -0.25) is 0 Å². The van der Waals surface area contributed by atoms with E-state index in [4.69, 9.17) is 18.0 Å². The molecular formula is C41H32N8O3. The normalized spacial score (nSPS) is 17.3. The van der Waals surface area contributed by atoms with Crippen molar-refractivity contribution in [2.45, 2.75) is 0 Å². The number of phenols is 2. The average molecular weight is 685 g/mol. The van der Waals surface area contributed by atoms with Crippen LogP contribution in [0.15, 0.2) is 77.7 Å². The Bertz CT molecular complexity index is 2990. The summed E-state index contributed by atoms with van der Waals surface area (Å²) in [5.74, 6) is -0.676. The molecule has 0 amide bonds. The molecule has 11 heteroatoms. The van der Waals surface area contributed by atoms with Gasteiger partial charge in [0.25, 0.3) is 5.70 Å². The Labute approximate surface area is 297 Å². The summed E-state index contributed by atoms with van der Waals surface area (Å²) in [5, 5.41) is 54.9. The van der Waals surface area contributed by atoms with E-state index in [2.05, 4.69) is 20.7 Å². The van der Waals surface area contributed by atoms with Gasteiger partial charge in [0.2, 0.25) is 12.0 Å². The third-order valence-electron chi connectivity index (χ3n) is 10.8. The Hall–Kier alpha value is -7.11. The molecule has 0 aromatic heterocycles. The summed E-state index contributed by atoms with van der Waals surface area (Å²) in [6, 6.07) is 19.9. The highest BCUT2D eigenvalue weighted by Gasteiger charge is 2.37. The molecule has 0 atom stereocenters. The topological polar surface area (TPSA) is 156 Å². The molecule has 6 aromatic carbocycles. The van der Waals surface area contributed by atoms with E-state index in [1.807, 2.05) is 68.0 Å². The fourth-order valence-corrected chi connectivity index (χ4v) is 8.88. The van der Waals surface area contributed by atoms with Crippen molar-refractivity contribution in [2.75, 3.05) is 67.7 Å². The van der Waals surface area contributed by atoms with Crippen LogP contribution in [0.2, 0.25) is 0 Å². The monoisotopic (exact) mass is 684 g/mol. The molecule has 0 fully saturated rings. The molecule has 0 spiro atoms. The first kappa shape index (κ1) is 30.9. The summed E-state index contributed by atoms with van der Waals surface area (Å²) in [4.78, 5) is 9.90. The minimum Gasteiger partial charge on any atom is -0.872 e. The number of phenolic OH excluding ortho intramolecular Hbond substituents is 2. The lowest BCUT2D eigenvalue weighted by molar-refractivity contribution is -0.292. The van der Waals surface area contributed by atoms with E-state index in [1.54, 1.807) is 24.3 Å². The van der Waals surface area contributed by atoms with Gasteiger partial charge >= 0.3 is 0 Å². The Morgan fingerprint density at radius 1 is 0.808 bits per heavy atom. The molecule has 0 saturated heterocycles. The number of hydrogen-bond donors (Lipinski definition) is 4. The second kappa shape index (κ2) is 10.5. The molecule has 1 aliphatic carbocycles. The van der Waals surface area contributed by atoms with Gasteiger partial charge in [0.05, 0.1) is 41.5 Å². The summed E-state index contributed by atoms with van der Waals surface area (Å²) < 4.78 is 2.03. The molecule has 0 radical (unpaired) electrons. The summed E-state index contributed by atoms with van der Waals surface area (Å²) in [7, 11) is 7.84. The number of fused-ring (bicyclic) bond motifs is 4. The third-order valence-corrected chi connectivity index (χ3v) is 10.8. The van der Waals surface area contributed by atoms with E-state index in [9.17, 15) is 15.5 Å². The maximum Gasteiger partial charge on any atom is 0.270 e. The number of nitrogen functional groups attached to an aromatic ring is 2. The van der Waals surface area contributed by atoms with Crippen molar-refractivity contribution in [2.24, 2.45) is 0 Å². The van der Waals surface area contributed by atoms with Crippen molar-refractivity contribution in [3.05, 3.63) is 105 Å². The van der Waals surface area contributed by atoms with E-state index in [1.165, 1.54) is 6.07 Å². The van der Waals surface area contributed by atoms with Crippen LogP contribution in [0.3, 0.4) is 0 Å². The highest BCUT2D eigenvalue weighted by Crippen LogP contribution is 2.56. The van der Waals surface area contributed by atoms with Gasteiger partial charge in [-0.1, -0.05) is 24.0 Å². The largest absolute Gasteiger partial charge is 0.872 e. The van der Waals surface area contributed by atoms with E-state index in [0.29, 0.717) is 62.6 Å². The van der Waals surface area contributed by atoms with Crippen LogP contribution in [-0.2, 0) is 0 Å². The molecule has 2 heterocycles. The van der Waals surface area contributed by atoms with Gasteiger partial charge in [-0.25, -0.2) is 14.7 Å². The predicted octanol–water partition coefficient (Wildman–Crippen LogP) is 3.88. The molecule has 6 aromatic rings. The summed E-state index contributed by atoms with van der Waals surface area (Å²) in [6.45, 7) is 9.31. The van der Waals surface area contributed by atoms with E-state index < -0.39 is 5.76 Å². The number of hydrogen-bond acceptors (Lipinski definition) is 9. The van der Waals surface area contributed by atoms with E-state index in [0.717, 1.165) is 33.2 Å². The first-order valence-electron chi connectivity index (χ1n) is 16.7. The smallest absolute Gasteiger partial charge is 0.270 e. The highest BCUT2D eigenvalue weighted by molar-refractivity contribution is 6.31. The van der Waals surface area contributed by atoms with Crippen LogP contribution in [0.25, 0.3) is 59.1 Å². The van der Waals surface area contributed by atoms with E-state index >= 15 is 5.11 Å². The first-order chi connectivity index (χ1) is 25.0. The fraction of sp³-hybridized carbons (Fsp3) is 0.146. The number of rotatable bonds is 1. The highest BCUT2D eigenvalue weighted by atomic mass is 16.3. The molecule has 52 heavy (non-hydrogen) atoms. The number of aromatic hydroxyl groups is 2. The van der Waals surface area contributed by atoms with Crippen LogP contribution in [0, 0.1) is 17.9 Å². The summed E-state index contributed by atoms with van der Waals surface area (Å²) >= 11 is 0. The Morgan fingerprint density at radius 2 is 1.48 bits per heavy atom. The zero-order valence-electron chi connectivity index (χ0n) is 28.8. The molecule has 11 nitrogen and oxygen atoms in total. The Balaban J connectivity index is 1.60.